The fraction of sp³-hybridized carbons (Fsp3) is 0.200. The molecular weight excluding hydrogens is 439 g/mol. The van der Waals surface area contributed by atoms with Crippen LogP contribution in [0.2, 0.25) is 0 Å². The summed E-state index contributed by atoms with van der Waals surface area (Å²) in [5.74, 6) is -0.628. The zero-order valence-corrected chi connectivity index (χ0v) is 17.6. The van der Waals surface area contributed by atoms with Crippen molar-refractivity contribution in [1.82, 2.24) is 29.8 Å². The van der Waals surface area contributed by atoms with Gasteiger partial charge in [0.25, 0.3) is 5.56 Å². The first-order chi connectivity index (χ1) is 15.4. The first-order valence-corrected chi connectivity index (χ1v) is 10.4. The summed E-state index contributed by atoms with van der Waals surface area (Å²) in [6.07, 6.45) is 0.286. The molecule has 0 fully saturated rings. The number of amides is 1. The molecule has 164 valence electrons. The Morgan fingerprint density at radius 2 is 2.00 bits per heavy atom. The molecule has 0 aliphatic rings. The number of aryl methyl sites for hydroxylation is 1. The van der Waals surface area contributed by atoms with E-state index in [0.717, 1.165) is 14.1 Å². The Kier molecular flexibility index (Phi) is 6.03. The maximum Gasteiger partial charge on any atom is 0.351 e. The van der Waals surface area contributed by atoms with E-state index in [1.807, 2.05) is 17.5 Å². The maximum atomic E-state index is 13.2. The SMILES string of the molecule is Cn1c(=O)c(-c2noc(CCC(=O)NCc3cccs3)n2)nn(-c2ccc(F)cc2)c1=O. The van der Waals surface area contributed by atoms with Crippen LogP contribution in [-0.2, 0) is 24.8 Å². The first kappa shape index (κ1) is 21.3. The second-order valence-corrected chi connectivity index (χ2v) is 7.78. The molecule has 4 aromatic rings. The van der Waals surface area contributed by atoms with Crippen molar-refractivity contribution >= 4 is 17.2 Å². The Morgan fingerprint density at radius 1 is 1.22 bits per heavy atom. The van der Waals surface area contributed by atoms with Gasteiger partial charge in [-0.05, 0) is 35.7 Å². The second-order valence-electron chi connectivity index (χ2n) is 6.75. The number of thiophene rings is 1. The summed E-state index contributed by atoms with van der Waals surface area (Å²) >= 11 is 1.55. The van der Waals surface area contributed by atoms with Gasteiger partial charge in [-0.2, -0.15) is 14.8 Å². The van der Waals surface area contributed by atoms with Crippen molar-refractivity contribution in [3.63, 3.8) is 0 Å². The molecule has 0 radical (unpaired) electrons. The lowest BCUT2D eigenvalue weighted by Crippen LogP contribution is -2.40. The van der Waals surface area contributed by atoms with Crippen LogP contribution >= 0.6 is 11.3 Å². The third-order valence-electron chi connectivity index (χ3n) is 4.53. The van der Waals surface area contributed by atoms with E-state index < -0.39 is 17.1 Å². The molecule has 3 heterocycles. The third-order valence-corrected chi connectivity index (χ3v) is 5.41. The largest absolute Gasteiger partial charge is 0.351 e. The Balaban J connectivity index is 1.52. The van der Waals surface area contributed by atoms with Crippen molar-refractivity contribution in [2.24, 2.45) is 7.05 Å². The summed E-state index contributed by atoms with van der Waals surface area (Å²) in [4.78, 5) is 42.2. The van der Waals surface area contributed by atoms with E-state index >= 15 is 0 Å². The van der Waals surface area contributed by atoms with Gasteiger partial charge in [0.05, 0.1) is 12.2 Å². The number of hydrogen-bond acceptors (Lipinski definition) is 8. The molecule has 0 saturated carbocycles. The van der Waals surface area contributed by atoms with Gasteiger partial charge < -0.3 is 9.84 Å². The fourth-order valence-corrected chi connectivity index (χ4v) is 3.47. The lowest BCUT2D eigenvalue weighted by atomic mass is 10.3. The van der Waals surface area contributed by atoms with E-state index in [1.165, 1.54) is 31.3 Å². The summed E-state index contributed by atoms with van der Waals surface area (Å²) in [6.45, 7) is 0.441. The summed E-state index contributed by atoms with van der Waals surface area (Å²) in [5, 5.41) is 12.5. The molecule has 1 aromatic carbocycles. The van der Waals surface area contributed by atoms with Crippen molar-refractivity contribution in [1.29, 1.82) is 0 Å². The van der Waals surface area contributed by atoms with Crippen molar-refractivity contribution in [3.05, 3.63) is 79.2 Å². The van der Waals surface area contributed by atoms with Gasteiger partial charge in [0.15, 0.2) is 5.69 Å². The number of carbonyl (C=O) groups is 1. The molecule has 0 aliphatic carbocycles. The lowest BCUT2D eigenvalue weighted by Gasteiger charge is -2.07. The molecule has 0 atom stereocenters. The maximum absolute atomic E-state index is 13.2. The van der Waals surface area contributed by atoms with Crippen LogP contribution in [0, 0.1) is 5.82 Å². The highest BCUT2D eigenvalue weighted by Gasteiger charge is 2.19. The quantitative estimate of drug-likeness (QED) is 0.446. The van der Waals surface area contributed by atoms with Crippen LogP contribution < -0.4 is 16.6 Å². The van der Waals surface area contributed by atoms with E-state index in [1.54, 1.807) is 11.3 Å². The number of nitrogens with zero attached hydrogens (tertiary/aromatic N) is 5. The van der Waals surface area contributed by atoms with Crippen molar-refractivity contribution in [3.8, 4) is 17.2 Å². The highest BCUT2D eigenvalue weighted by Crippen LogP contribution is 2.12. The molecule has 12 heteroatoms. The Bertz CT molecular complexity index is 1360. The van der Waals surface area contributed by atoms with Gasteiger partial charge in [-0.25, -0.2) is 9.18 Å². The van der Waals surface area contributed by atoms with Gasteiger partial charge >= 0.3 is 5.69 Å². The number of hydrogen-bond donors (Lipinski definition) is 1. The van der Waals surface area contributed by atoms with E-state index in [2.05, 4.69) is 20.6 Å². The van der Waals surface area contributed by atoms with Crippen molar-refractivity contribution in [2.45, 2.75) is 19.4 Å². The van der Waals surface area contributed by atoms with Crippen LogP contribution in [0.4, 0.5) is 4.39 Å². The molecule has 0 unspecified atom stereocenters. The molecule has 0 saturated heterocycles. The van der Waals surface area contributed by atoms with E-state index in [-0.39, 0.29) is 41.8 Å². The van der Waals surface area contributed by atoms with E-state index in [9.17, 15) is 18.8 Å². The van der Waals surface area contributed by atoms with Crippen LogP contribution in [0.15, 0.2) is 55.9 Å². The normalized spacial score (nSPS) is 10.9. The highest BCUT2D eigenvalue weighted by molar-refractivity contribution is 7.09. The Hall–Kier alpha value is -3.93. The molecule has 0 spiro atoms. The summed E-state index contributed by atoms with van der Waals surface area (Å²) in [5.41, 5.74) is -1.38. The molecule has 0 bridgehead atoms. The average Bonchev–Trinajstić information content (AvgIpc) is 3.48. The molecule has 4 rings (SSSR count). The van der Waals surface area contributed by atoms with Gasteiger partial charge in [0.1, 0.15) is 5.82 Å². The number of rotatable bonds is 7. The predicted molar refractivity (Wildman–Crippen MR) is 113 cm³/mol. The fourth-order valence-electron chi connectivity index (χ4n) is 2.82. The van der Waals surface area contributed by atoms with E-state index in [0.29, 0.717) is 6.54 Å². The number of nitrogens with one attached hydrogen (secondary N) is 1. The first-order valence-electron chi connectivity index (χ1n) is 9.50. The van der Waals surface area contributed by atoms with Gasteiger partial charge in [-0.1, -0.05) is 11.2 Å². The van der Waals surface area contributed by atoms with Crippen molar-refractivity contribution in [2.75, 3.05) is 0 Å². The van der Waals surface area contributed by atoms with Crippen LogP contribution in [0.3, 0.4) is 0 Å². The zero-order valence-electron chi connectivity index (χ0n) is 16.8. The number of carbonyl (C=O) groups excluding carboxylic acids is 1. The number of aromatic nitrogens is 5. The lowest BCUT2D eigenvalue weighted by molar-refractivity contribution is -0.121. The monoisotopic (exact) mass is 456 g/mol. The minimum Gasteiger partial charge on any atom is -0.351 e. The molecular formula is C20H17FN6O4S. The van der Waals surface area contributed by atoms with Crippen LogP contribution in [-0.4, -0.2) is 30.4 Å². The summed E-state index contributed by atoms with van der Waals surface area (Å²) < 4.78 is 20.2. The predicted octanol–water partition coefficient (Wildman–Crippen LogP) is 1.43. The highest BCUT2D eigenvalue weighted by atomic mass is 32.1. The van der Waals surface area contributed by atoms with Crippen LogP contribution in [0.5, 0.6) is 0 Å². The third kappa shape index (κ3) is 4.54. The van der Waals surface area contributed by atoms with Gasteiger partial charge in [0, 0.05) is 24.8 Å². The number of halogens is 1. The Morgan fingerprint density at radius 3 is 2.72 bits per heavy atom. The molecule has 0 aliphatic heterocycles. The zero-order chi connectivity index (χ0) is 22.7. The number of benzene rings is 1. The average molecular weight is 456 g/mol. The standard InChI is InChI=1S/C20H17FN6O4S/c1-26-19(29)17(24-27(20(26)30)13-6-4-12(21)5-7-13)18-23-16(31-25-18)9-8-15(28)22-11-14-3-2-10-32-14/h2-7,10H,8-9,11H2,1H3,(H,22,28). The second kappa shape index (κ2) is 9.06. The topological polar surface area (TPSA) is 125 Å². The van der Waals surface area contributed by atoms with Gasteiger partial charge in [-0.15, -0.1) is 11.3 Å². The molecule has 32 heavy (non-hydrogen) atoms. The molecule has 1 amide bonds. The Labute approximate surface area is 184 Å². The molecule has 10 nitrogen and oxygen atoms in total. The minimum atomic E-state index is -0.714. The van der Waals surface area contributed by atoms with E-state index in [4.69, 9.17) is 4.52 Å². The van der Waals surface area contributed by atoms with Crippen LogP contribution in [0.1, 0.15) is 17.2 Å². The van der Waals surface area contributed by atoms with Gasteiger partial charge in [0.2, 0.25) is 17.6 Å². The van der Waals surface area contributed by atoms with Crippen LogP contribution in [0.25, 0.3) is 17.2 Å². The smallest absolute Gasteiger partial charge is 0.351 e. The van der Waals surface area contributed by atoms with Gasteiger partial charge in [-0.3, -0.25) is 14.2 Å². The molecule has 3 aromatic heterocycles. The molecule has 1 N–H and O–H groups in total. The summed E-state index contributed by atoms with van der Waals surface area (Å²) in [7, 11) is 1.29. The minimum absolute atomic E-state index is 0.115. The van der Waals surface area contributed by atoms with Crippen molar-refractivity contribution < 1.29 is 13.7 Å². The summed E-state index contributed by atoms with van der Waals surface area (Å²) in [6, 6.07) is 8.88.